The second kappa shape index (κ2) is 6.19. The third-order valence-corrected chi connectivity index (χ3v) is 5.00. The second-order valence-electron chi connectivity index (χ2n) is 6.45. The van der Waals surface area contributed by atoms with Crippen molar-refractivity contribution in [2.75, 3.05) is 6.61 Å². The fourth-order valence-electron chi connectivity index (χ4n) is 3.91. The van der Waals surface area contributed by atoms with Crippen molar-refractivity contribution in [3.05, 3.63) is 0 Å². The van der Waals surface area contributed by atoms with Gasteiger partial charge >= 0.3 is 0 Å². The van der Waals surface area contributed by atoms with Gasteiger partial charge in [-0.05, 0) is 43.4 Å². The number of rotatable bonds is 4. The van der Waals surface area contributed by atoms with E-state index in [1.807, 2.05) is 0 Å². The van der Waals surface area contributed by atoms with Crippen molar-refractivity contribution < 1.29 is 5.11 Å². The van der Waals surface area contributed by atoms with E-state index in [0.29, 0.717) is 24.6 Å². The molecule has 100 valence electrons. The van der Waals surface area contributed by atoms with Crippen LogP contribution in [0.1, 0.15) is 58.8 Å². The molecule has 0 spiro atoms. The van der Waals surface area contributed by atoms with E-state index >= 15 is 0 Å². The second-order valence-corrected chi connectivity index (χ2v) is 6.45. The van der Waals surface area contributed by atoms with Crippen LogP contribution in [-0.2, 0) is 0 Å². The predicted molar refractivity (Wildman–Crippen MR) is 71.9 cm³/mol. The summed E-state index contributed by atoms with van der Waals surface area (Å²) in [4.78, 5) is 0. The largest absolute Gasteiger partial charge is 0.396 e. The topological polar surface area (TPSA) is 32.3 Å². The molecule has 2 saturated carbocycles. The van der Waals surface area contributed by atoms with E-state index in [0.717, 1.165) is 11.8 Å². The lowest BCUT2D eigenvalue weighted by molar-refractivity contribution is 0.156. The molecule has 0 radical (unpaired) electrons. The molecule has 0 aromatic heterocycles. The minimum absolute atomic E-state index is 0.372. The molecular weight excluding hydrogens is 210 g/mol. The van der Waals surface area contributed by atoms with Crippen molar-refractivity contribution in [3.8, 4) is 0 Å². The molecule has 4 unspecified atom stereocenters. The number of aliphatic hydroxyl groups excluding tert-OH is 1. The van der Waals surface area contributed by atoms with Gasteiger partial charge in [-0.1, -0.05) is 33.1 Å². The highest BCUT2D eigenvalue weighted by Gasteiger charge is 2.33. The highest BCUT2D eigenvalue weighted by molar-refractivity contribution is 4.90. The lowest BCUT2D eigenvalue weighted by atomic mass is 9.77. The maximum absolute atomic E-state index is 9.40. The van der Waals surface area contributed by atoms with E-state index < -0.39 is 0 Å². The molecule has 0 saturated heterocycles. The molecule has 0 bridgehead atoms. The highest BCUT2D eigenvalue weighted by atomic mass is 16.3. The molecule has 2 rings (SSSR count). The first-order valence-corrected chi connectivity index (χ1v) is 7.59. The number of hydrogen-bond donors (Lipinski definition) is 2. The Bertz CT molecular complexity index is 229. The molecule has 2 nitrogen and oxygen atoms in total. The van der Waals surface area contributed by atoms with Crippen LogP contribution in [0.3, 0.4) is 0 Å². The summed E-state index contributed by atoms with van der Waals surface area (Å²) in [5, 5.41) is 13.3. The van der Waals surface area contributed by atoms with Crippen molar-refractivity contribution in [1.82, 2.24) is 5.32 Å². The van der Waals surface area contributed by atoms with E-state index in [2.05, 4.69) is 19.2 Å². The summed E-state index contributed by atoms with van der Waals surface area (Å²) in [5.74, 6) is 2.16. The Morgan fingerprint density at radius 1 is 1.00 bits per heavy atom. The fourth-order valence-corrected chi connectivity index (χ4v) is 3.91. The molecule has 4 atom stereocenters. The van der Waals surface area contributed by atoms with E-state index in [4.69, 9.17) is 0 Å². The van der Waals surface area contributed by atoms with Crippen LogP contribution in [-0.4, -0.2) is 23.8 Å². The molecule has 0 aromatic carbocycles. The highest BCUT2D eigenvalue weighted by Crippen LogP contribution is 2.33. The monoisotopic (exact) mass is 239 g/mol. The average molecular weight is 239 g/mol. The van der Waals surface area contributed by atoms with Crippen molar-refractivity contribution in [2.45, 2.75) is 70.9 Å². The van der Waals surface area contributed by atoms with Crippen LogP contribution >= 0.6 is 0 Å². The fraction of sp³-hybridized carbons (Fsp3) is 1.00. The molecule has 2 heteroatoms. The standard InChI is InChI=1S/C15H29NO/c1-11(2)13-7-3-4-8-15(13)16-14-9-5-6-12(14)10-17/h11-17H,3-10H2,1-2H3. The summed E-state index contributed by atoms with van der Waals surface area (Å²) >= 11 is 0. The maximum atomic E-state index is 9.40. The van der Waals surface area contributed by atoms with Gasteiger partial charge in [-0.3, -0.25) is 0 Å². The number of aliphatic hydroxyl groups is 1. The van der Waals surface area contributed by atoms with E-state index in [-0.39, 0.29) is 0 Å². The van der Waals surface area contributed by atoms with Gasteiger partial charge in [0.1, 0.15) is 0 Å². The van der Waals surface area contributed by atoms with Crippen LogP contribution in [0, 0.1) is 17.8 Å². The Morgan fingerprint density at radius 2 is 1.71 bits per heavy atom. The SMILES string of the molecule is CC(C)C1CCCCC1NC1CCCC1CO. The van der Waals surface area contributed by atoms with Crippen LogP contribution in [0.4, 0.5) is 0 Å². The first-order valence-electron chi connectivity index (χ1n) is 7.59. The minimum atomic E-state index is 0.372. The van der Waals surface area contributed by atoms with Gasteiger partial charge in [-0.2, -0.15) is 0 Å². The zero-order chi connectivity index (χ0) is 12.3. The molecule has 0 heterocycles. The van der Waals surface area contributed by atoms with Crippen LogP contribution < -0.4 is 5.32 Å². The molecule has 0 aliphatic heterocycles. The van der Waals surface area contributed by atoms with Gasteiger partial charge in [0.2, 0.25) is 0 Å². The summed E-state index contributed by atoms with van der Waals surface area (Å²) in [6, 6.07) is 1.30. The lowest BCUT2D eigenvalue weighted by Gasteiger charge is -2.38. The predicted octanol–water partition coefficient (Wildman–Crippen LogP) is 2.95. The molecule has 2 aliphatic rings. The molecular formula is C15H29NO. The van der Waals surface area contributed by atoms with Crippen molar-refractivity contribution in [2.24, 2.45) is 17.8 Å². The van der Waals surface area contributed by atoms with Gasteiger partial charge in [-0.25, -0.2) is 0 Å². The Morgan fingerprint density at radius 3 is 2.41 bits per heavy atom. The van der Waals surface area contributed by atoms with E-state index in [1.165, 1.54) is 44.9 Å². The van der Waals surface area contributed by atoms with Gasteiger partial charge in [0.15, 0.2) is 0 Å². The summed E-state index contributed by atoms with van der Waals surface area (Å²) in [5.41, 5.74) is 0. The van der Waals surface area contributed by atoms with E-state index in [9.17, 15) is 5.11 Å². The molecule has 2 fully saturated rings. The van der Waals surface area contributed by atoms with Gasteiger partial charge < -0.3 is 10.4 Å². The molecule has 2 N–H and O–H groups in total. The van der Waals surface area contributed by atoms with Crippen LogP contribution in [0.5, 0.6) is 0 Å². The third kappa shape index (κ3) is 3.23. The van der Waals surface area contributed by atoms with Gasteiger partial charge in [0.25, 0.3) is 0 Å². The zero-order valence-corrected chi connectivity index (χ0v) is 11.5. The zero-order valence-electron chi connectivity index (χ0n) is 11.5. The van der Waals surface area contributed by atoms with E-state index in [1.54, 1.807) is 0 Å². The van der Waals surface area contributed by atoms with Gasteiger partial charge in [0.05, 0.1) is 0 Å². The molecule has 2 aliphatic carbocycles. The van der Waals surface area contributed by atoms with Gasteiger partial charge in [0, 0.05) is 18.7 Å². The lowest BCUT2D eigenvalue weighted by Crippen LogP contribution is -2.47. The van der Waals surface area contributed by atoms with Crippen molar-refractivity contribution in [1.29, 1.82) is 0 Å². The van der Waals surface area contributed by atoms with Gasteiger partial charge in [-0.15, -0.1) is 0 Å². The van der Waals surface area contributed by atoms with Crippen LogP contribution in [0.25, 0.3) is 0 Å². The van der Waals surface area contributed by atoms with Crippen molar-refractivity contribution >= 4 is 0 Å². The smallest absolute Gasteiger partial charge is 0.0474 e. The summed E-state index contributed by atoms with van der Waals surface area (Å²) < 4.78 is 0. The minimum Gasteiger partial charge on any atom is -0.396 e. The average Bonchev–Trinajstić information content (AvgIpc) is 2.77. The Kier molecular flexibility index (Phi) is 4.87. The Labute approximate surface area is 106 Å². The van der Waals surface area contributed by atoms with Crippen LogP contribution in [0.2, 0.25) is 0 Å². The molecule has 17 heavy (non-hydrogen) atoms. The molecule has 0 amide bonds. The summed E-state index contributed by atoms with van der Waals surface area (Å²) in [6.07, 6.45) is 9.32. The molecule has 0 aromatic rings. The van der Waals surface area contributed by atoms with Crippen molar-refractivity contribution in [3.63, 3.8) is 0 Å². The summed E-state index contributed by atoms with van der Waals surface area (Å²) in [7, 11) is 0. The summed E-state index contributed by atoms with van der Waals surface area (Å²) in [6.45, 7) is 5.10. The maximum Gasteiger partial charge on any atom is 0.0474 e. The van der Waals surface area contributed by atoms with Crippen LogP contribution in [0.15, 0.2) is 0 Å². The third-order valence-electron chi connectivity index (χ3n) is 5.00. The first kappa shape index (κ1) is 13.4. The normalized spacial score (nSPS) is 38.8. The quantitative estimate of drug-likeness (QED) is 0.790. The number of hydrogen-bond acceptors (Lipinski definition) is 2. The Hall–Kier alpha value is -0.0800. The Balaban J connectivity index is 1.91. The number of nitrogens with one attached hydrogen (secondary N) is 1. The first-order chi connectivity index (χ1) is 8.22.